The summed E-state index contributed by atoms with van der Waals surface area (Å²) >= 11 is 3.46. The van der Waals surface area contributed by atoms with Crippen molar-refractivity contribution in [3.05, 3.63) is 30.3 Å². The first kappa shape index (κ1) is 13.9. The molecule has 1 atom stereocenters. The number of carbonyl (C=O) groups excluding carboxylic acids is 1. The highest BCUT2D eigenvalue weighted by Gasteiger charge is 2.24. The lowest BCUT2D eigenvalue weighted by molar-refractivity contribution is -0.119. The maximum atomic E-state index is 11.6. The lowest BCUT2D eigenvalue weighted by Gasteiger charge is -2.25. The zero-order valence-corrected chi connectivity index (χ0v) is 12.6. The molecule has 19 heavy (non-hydrogen) atoms. The maximum absolute atomic E-state index is 11.6. The van der Waals surface area contributed by atoms with Crippen LogP contribution in [0.2, 0.25) is 0 Å². The lowest BCUT2D eigenvalue weighted by Crippen LogP contribution is -2.40. The average molecular weight is 324 g/mol. The molecule has 1 amide bonds. The van der Waals surface area contributed by atoms with Crippen LogP contribution in [0.25, 0.3) is 10.9 Å². The van der Waals surface area contributed by atoms with Crippen molar-refractivity contribution in [3.63, 3.8) is 0 Å². The van der Waals surface area contributed by atoms with Gasteiger partial charge in [-0.3, -0.25) is 8.72 Å². The molecule has 0 fully saturated rings. The van der Waals surface area contributed by atoms with Gasteiger partial charge in [-0.2, -0.15) is 0 Å². The molecule has 3 N–H and O–H groups in total. The summed E-state index contributed by atoms with van der Waals surface area (Å²) in [5.41, 5.74) is 6.53. The fraction of sp³-hybridized carbons (Fsp3) is 0.357. The molecule has 2 aromatic rings. The molecule has 4 nitrogen and oxygen atoms in total. The Morgan fingerprint density at radius 1 is 1.42 bits per heavy atom. The average Bonchev–Trinajstić information content (AvgIpc) is 2.78. The highest BCUT2D eigenvalue weighted by molar-refractivity contribution is 9.10. The van der Waals surface area contributed by atoms with Gasteiger partial charge in [0.05, 0.1) is 16.1 Å². The van der Waals surface area contributed by atoms with E-state index >= 15 is 0 Å². The van der Waals surface area contributed by atoms with Crippen molar-refractivity contribution in [1.29, 1.82) is 0 Å². The largest absolute Gasteiger partial charge is 0.368 e. The summed E-state index contributed by atoms with van der Waals surface area (Å²) in [4.78, 5) is 14.9. The number of primary amides is 1. The number of carbonyl (C=O) groups is 1. The van der Waals surface area contributed by atoms with Crippen LogP contribution >= 0.6 is 16.1 Å². The van der Waals surface area contributed by atoms with Crippen molar-refractivity contribution < 1.29 is 4.79 Å². The Labute approximate surface area is 121 Å². The number of H-pyrrole nitrogens is 1. The second-order valence-corrected chi connectivity index (χ2v) is 5.86. The molecule has 0 aliphatic carbocycles. The summed E-state index contributed by atoms with van der Waals surface area (Å²) in [5, 5.41) is 1.11. The fourth-order valence-electron chi connectivity index (χ4n) is 2.11. The van der Waals surface area contributed by atoms with Crippen molar-refractivity contribution in [2.75, 3.05) is 3.93 Å². The zero-order chi connectivity index (χ0) is 14.0. The van der Waals surface area contributed by atoms with Gasteiger partial charge in [0.1, 0.15) is 11.9 Å². The number of aromatic amines is 1. The minimum absolute atomic E-state index is 0.329. The number of fused-ring (bicyclic) bond motifs is 1. The van der Waals surface area contributed by atoms with E-state index in [-0.39, 0.29) is 11.9 Å². The van der Waals surface area contributed by atoms with E-state index in [1.807, 2.05) is 30.3 Å². The number of halogens is 1. The zero-order valence-electron chi connectivity index (χ0n) is 11.1. The predicted octanol–water partition coefficient (Wildman–Crippen LogP) is 3.18. The quantitative estimate of drug-likeness (QED) is 0.830. The van der Waals surface area contributed by atoms with Crippen LogP contribution in [0.5, 0.6) is 0 Å². The summed E-state index contributed by atoms with van der Waals surface area (Å²) in [6.45, 7) is 4.14. The first-order valence-electron chi connectivity index (χ1n) is 6.31. The maximum Gasteiger partial charge on any atom is 0.241 e. The highest BCUT2D eigenvalue weighted by atomic mass is 79.9. The highest BCUT2D eigenvalue weighted by Crippen LogP contribution is 2.27. The van der Waals surface area contributed by atoms with Crippen molar-refractivity contribution in [2.24, 2.45) is 11.7 Å². The van der Waals surface area contributed by atoms with Crippen LogP contribution in [0.1, 0.15) is 20.3 Å². The van der Waals surface area contributed by atoms with Crippen molar-refractivity contribution in [1.82, 2.24) is 4.98 Å². The van der Waals surface area contributed by atoms with Crippen molar-refractivity contribution in [2.45, 2.75) is 26.3 Å². The van der Waals surface area contributed by atoms with Gasteiger partial charge < -0.3 is 10.7 Å². The van der Waals surface area contributed by atoms with Gasteiger partial charge in [0.2, 0.25) is 5.91 Å². The number of hydrogen-bond donors (Lipinski definition) is 2. The fourth-order valence-corrected chi connectivity index (χ4v) is 2.67. The third-order valence-corrected chi connectivity index (χ3v) is 3.92. The number of amides is 1. The van der Waals surface area contributed by atoms with Gasteiger partial charge in [-0.1, -0.05) is 32.0 Å². The van der Waals surface area contributed by atoms with Gasteiger partial charge >= 0.3 is 0 Å². The number of nitrogens with one attached hydrogen (secondary N) is 1. The van der Waals surface area contributed by atoms with Gasteiger partial charge in [0.15, 0.2) is 0 Å². The molecule has 102 valence electrons. The first-order chi connectivity index (χ1) is 8.99. The Morgan fingerprint density at radius 2 is 2.11 bits per heavy atom. The Morgan fingerprint density at radius 3 is 2.68 bits per heavy atom. The minimum Gasteiger partial charge on any atom is -0.368 e. The summed E-state index contributed by atoms with van der Waals surface area (Å²) in [6.07, 6.45) is 0.704. The monoisotopic (exact) mass is 323 g/mol. The molecule has 0 radical (unpaired) electrons. The van der Waals surface area contributed by atoms with Crippen LogP contribution in [0.15, 0.2) is 30.3 Å². The molecule has 0 bridgehead atoms. The van der Waals surface area contributed by atoms with Crippen LogP contribution in [-0.4, -0.2) is 16.9 Å². The molecule has 1 aromatic heterocycles. The van der Waals surface area contributed by atoms with E-state index in [9.17, 15) is 4.79 Å². The van der Waals surface area contributed by atoms with E-state index in [1.54, 1.807) is 3.93 Å². The topological polar surface area (TPSA) is 62.1 Å². The Balaban J connectivity index is 2.30. The first-order valence-corrected chi connectivity index (χ1v) is 7.02. The molecule has 0 spiro atoms. The number of benzene rings is 1. The molecular formula is C14H18BrN3O. The van der Waals surface area contributed by atoms with E-state index in [2.05, 4.69) is 35.0 Å². The number of anilines is 1. The normalized spacial score (nSPS) is 12.8. The number of nitrogens with zero attached hydrogens (tertiary/aromatic N) is 1. The number of para-hydroxylation sites is 1. The second kappa shape index (κ2) is 5.65. The van der Waals surface area contributed by atoms with Gasteiger partial charge in [0, 0.05) is 10.9 Å². The molecule has 1 aromatic carbocycles. The Bertz CT molecular complexity index is 546. The minimum atomic E-state index is -0.368. The molecule has 0 saturated heterocycles. The number of aromatic nitrogens is 1. The summed E-state index contributed by atoms with van der Waals surface area (Å²) < 4.78 is 1.75. The standard InChI is InChI=1S/C14H18BrN3O/c1-9(2)7-12(14(16)19)18(15)13-8-10-5-3-4-6-11(10)17-13/h3-6,8-9,12,17H,7H2,1-2H3,(H2,16,19)/t12-/m0/s1. The summed E-state index contributed by atoms with van der Waals surface area (Å²) in [7, 11) is 0. The Hall–Kier alpha value is -1.49. The molecule has 2 rings (SSSR count). The number of rotatable bonds is 5. The third-order valence-electron chi connectivity index (χ3n) is 3.04. The summed E-state index contributed by atoms with van der Waals surface area (Å²) in [5.74, 6) is 0.900. The van der Waals surface area contributed by atoms with Crippen molar-refractivity contribution >= 4 is 38.8 Å². The lowest BCUT2D eigenvalue weighted by atomic mass is 10.0. The molecule has 1 heterocycles. The van der Waals surface area contributed by atoms with Gasteiger partial charge in [-0.25, -0.2) is 0 Å². The van der Waals surface area contributed by atoms with Gasteiger partial charge in [-0.15, -0.1) is 0 Å². The summed E-state index contributed by atoms with van der Waals surface area (Å²) in [6, 6.07) is 9.62. The molecule has 5 heteroatoms. The number of hydrogen-bond acceptors (Lipinski definition) is 2. The predicted molar refractivity (Wildman–Crippen MR) is 82.1 cm³/mol. The Kier molecular flexibility index (Phi) is 4.14. The van der Waals surface area contributed by atoms with Gasteiger partial charge in [-0.05, 0) is 24.5 Å². The molecule has 0 unspecified atom stereocenters. The van der Waals surface area contributed by atoms with E-state index in [0.29, 0.717) is 12.3 Å². The molecule has 0 aliphatic rings. The van der Waals surface area contributed by atoms with Crippen LogP contribution in [-0.2, 0) is 4.79 Å². The van der Waals surface area contributed by atoms with Crippen LogP contribution in [0.4, 0.5) is 5.82 Å². The van der Waals surface area contributed by atoms with E-state index in [0.717, 1.165) is 16.7 Å². The number of nitrogens with two attached hydrogens (primary N) is 1. The van der Waals surface area contributed by atoms with Crippen LogP contribution in [0.3, 0.4) is 0 Å². The smallest absolute Gasteiger partial charge is 0.241 e. The molecule has 0 aliphatic heterocycles. The molecule has 0 saturated carbocycles. The SMILES string of the molecule is CC(C)C[C@@H](C(N)=O)N(Br)c1cc2ccccc2[nH]1. The van der Waals surface area contributed by atoms with E-state index in [1.165, 1.54) is 0 Å². The van der Waals surface area contributed by atoms with Crippen LogP contribution in [0, 0.1) is 5.92 Å². The van der Waals surface area contributed by atoms with Gasteiger partial charge in [0.25, 0.3) is 0 Å². The second-order valence-electron chi connectivity index (χ2n) is 5.10. The third kappa shape index (κ3) is 3.10. The van der Waals surface area contributed by atoms with E-state index in [4.69, 9.17) is 5.73 Å². The van der Waals surface area contributed by atoms with E-state index < -0.39 is 0 Å². The molecular weight excluding hydrogens is 306 g/mol. The van der Waals surface area contributed by atoms with Crippen molar-refractivity contribution in [3.8, 4) is 0 Å². The van der Waals surface area contributed by atoms with Crippen LogP contribution < -0.4 is 9.66 Å².